The number of ether oxygens (including phenoxy) is 2. The normalized spacial score (nSPS) is 19.6. The number of fused-ring (bicyclic) bond motifs is 1. The summed E-state index contributed by atoms with van der Waals surface area (Å²) in [6.07, 6.45) is 5.24. The van der Waals surface area contributed by atoms with E-state index >= 15 is 0 Å². The van der Waals surface area contributed by atoms with Gasteiger partial charge in [0.1, 0.15) is 12.4 Å². The Kier molecular flexibility index (Phi) is 9.44. The largest absolute Gasteiger partial charge is 0.491 e. The summed E-state index contributed by atoms with van der Waals surface area (Å²) >= 11 is 0. The number of nitrogens with one attached hydrogen (secondary N) is 1. The molecule has 4 rings (SSSR count). The summed E-state index contributed by atoms with van der Waals surface area (Å²) in [5.41, 5.74) is 4.89. The fourth-order valence-electron chi connectivity index (χ4n) is 5.46. The maximum atomic E-state index is 12.9. The van der Waals surface area contributed by atoms with Gasteiger partial charge in [-0.3, -0.25) is 9.69 Å². The molecule has 0 saturated carbocycles. The zero-order valence-electron chi connectivity index (χ0n) is 22.6. The van der Waals surface area contributed by atoms with Gasteiger partial charge in [-0.05, 0) is 84.9 Å². The Morgan fingerprint density at radius 1 is 1.03 bits per heavy atom. The van der Waals surface area contributed by atoms with Crippen LogP contribution in [0.5, 0.6) is 5.75 Å². The molecule has 0 bridgehead atoms. The summed E-state index contributed by atoms with van der Waals surface area (Å²) in [4.78, 5) is 15.5. The first-order valence-corrected chi connectivity index (χ1v) is 13.8. The van der Waals surface area contributed by atoms with Gasteiger partial charge < -0.3 is 14.8 Å². The molecule has 0 unspecified atom stereocenters. The van der Waals surface area contributed by atoms with Gasteiger partial charge in [-0.2, -0.15) is 0 Å². The highest BCUT2D eigenvalue weighted by atomic mass is 16.5. The lowest BCUT2D eigenvalue weighted by Gasteiger charge is -2.28. The zero-order chi connectivity index (χ0) is 25.5. The number of carbonyl (C=O) groups is 1. The minimum Gasteiger partial charge on any atom is -0.491 e. The molecule has 2 aromatic carbocycles. The molecule has 1 N–H and O–H groups in total. The maximum Gasteiger partial charge on any atom is 0.251 e. The summed E-state index contributed by atoms with van der Waals surface area (Å²) < 4.78 is 11.4. The van der Waals surface area contributed by atoms with Gasteiger partial charge in [0, 0.05) is 37.8 Å². The quantitative estimate of drug-likeness (QED) is 0.441. The predicted molar refractivity (Wildman–Crippen MR) is 146 cm³/mol. The van der Waals surface area contributed by atoms with Gasteiger partial charge in [0.05, 0.1) is 6.10 Å². The molecule has 1 fully saturated rings. The molecule has 0 radical (unpaired) electrons. The van der Waals surface area contributed by atoms with Crippen molar-refractivity contribution >= 4 is 5.91 Å². The molecule has 2 aliphatic rings. The molecule has 1 saturated heterocycles. The van der Waals surface area contributed by atoms with Crippen molar-refractivity contribution in [3.05, 3.63) is 64.7 Å². The fraction of sp³-hybridized carbons (Fsp3) is 0.581. The molecule has 2 aromatic rings. The van der Waals surface area contributed by atoms with Gasteiger partial charge in [0.2, 0.25) is 0 Å². The number of hydrogen-bond acceptors (Lipinski definition) is 4. The lowest BCUT2D eigenvalue weighted by atomic mass is 9.87. The Morgan fingerprint density at radius 3 is 2.44 bits per heavy atom. The highest BCUT2D eigenvalue weighted by Crippen LogP contribution is 2.24. The topological polar surface area (TPSA) is 50.8 Å². The zero-order valence-corrected chi connectivity index (χ0v) is 22.6. The molecule has 1 amide bonds. The standard InChI is InChI=1S/C31H44N2O3/c1-22(2)18-33(19-23(3)4)20-24-7-8-27-17-28(12-9-26(27)16-24)32-31(34)25-10-13-29(14-11-25)36-21-30-6-5-15-35-30/h7-8,10-11,13-14,16,22-23,28,30H,5-6,9,12,15,17-21H2,1-4H3,(H,32,34)/t28-,30-/m0/s1. The molecule has 1 aliphatic heterocycles. The van der Waals surface area contributed by atoms with Crippen LogP contribution in [0.2, 0.25) is 0 Å². The van der Waals surface area contributed by atoms with Gasteiger partial charge in [-0.1, -0.05) is 45.9 Å². The second kappa shape index (κ2) is 12.7. The number of rotatable bonds is 11. The third-order valence-corrected chi connectivity index (χ3v) is 7.06. The van der Waals surface area contributed by atoms with Crippen molar-refractivity contribution in [3.8, 4) is 5.75 Å². The van der Waals surface area contributed by atoms with Gasteiger partial charge >= 0.3 is 0 Å². The minimum atomic E-state index is -0.0104. The van der Waals surface area contributed by atoms with E-state index in [1.165, 1.54) is 16.7 Å². The number of nitrogens with zero attached hydrogens (tertiary/aromatic N) is 1. The van der Waals surface area contributed by atoms with Crippen LogP contribution in [0, 0.1) is 11.8 Å². The highest BCUT2D eigenvalue weighted by molar-refractivity contribution is 5.94. The van der Waals surface area contributed by atoms with Crippen molar-refractivity contribution in [3.63, 3.8) is 0 Å². The van der Waals surface area contributed by atoms with Crippen LogP contribution in [0.25, 0.3) is 0 Å². The smallest absolute Gasteiger partial charge is 0.251 e. The first-order chi connectivity index (χ1) is 17.4. The number of amides is 1. The third-order valence-electron chi connectivity index (χ3n) is 7.06. The van der Waals surface area contributed by atoms with E-state index in [9.17, 15) is 4.79 Å². The van der Waals surface area contributed by atoms with E-state index in [1.807, 2.05) is 24.3 Å². The van der Waals surface area contributed by atoms with Gasteiger partial charge in [-0.15, -0.1) is 0 Å². The summed E-state index contributed by atoms with van der Waals surface area (Å²) in [6, 6.07) is 14.6. The van der Waals surface area contributed by atoms with Gasteiger partial charge in [0.25, 0.3) is 5.91 Å². The van der Waals surface area contributed by atoms with E-state index in [-0.39, 0.29) is 18.1 Å². The van der Waals surface area contributed by atoms with Crippen molar-refractivity contribution in [2.45, 2.75) is 78.5 Å². The van der Waals surface area contributed by atoms with Crippen LogP contribution in [0.1, 0.15) is 74.0 Å². The number of hydrogen-bond donors (Lipinski definition) is 1. The molecular formula is C31H44N2O3. The monoisotopic (exact) mass is 492 g/mol. The molecule has 1 heterocycles. The van der Waals surface area contributed by atoms with E-state index in [0.29, 0.717) is 24.0 Å². The fourth-order valence-corrected chi connectivity index (χ4v) is 5.46. The van der Waals surface area contributed by atoms with Crippen LogP contribution < -0.4 is 10.1 Å². The second-order valence-electron chi connectivity index (χ2n) is 11.5. The Bertz CT molecular complexity index is 970. The van der Waals surface area contributed by atoms with Crippen molar-refractivity contribution in [2.75, 3.05) is 26.3 Å². The van der Waals surface area contributed by atoms with Crippen LogP contribution in [0.3, 0.4) is 0 Å². The number of carbonyl (C=O) groups excluding carboxylic acids is 1. The summed E-state index contributed by atoms with van der Waals surface area (Å²) in [7, 11) is 0. The van der Waals surface area contributed by atoms with Crippen molar-refractivity contribution in [2.24, 2.45) is 11.8 Å². The summed E-state index contributed by atoms with van der Waals surface area (Å²) in [5.74, 6) is 2.11. The Hall–Kier alpha value is -2.37. The van der Waals surface area contributed by atoms with Crippen LogP contribution in [-0.4, -0.2) is 49.3 Å². The first-order valence-electron chi connectivity index (χ1n) is 13.8. The average molecular weight is 493 g/mol. The Balaban J connectivity index is 1.29. The van der Waals surface area contributed by atoms with E-state index in [4.69, 9.17) is 9.47 Å². The van der Waals surface area contributed by atoms with Crippen LogP contribution in [0.15, 0.2) is 42.5 Å². The van der Waals surface area contributed by atoms with Crippen LogP contribution in [-0.2, 0) is 24.1 Å². The predicted octanol–water partition coefficient (Wildman–Crippen LogP) is 5.65. The molecule has 0 aromatic heterocycles. The Morgan fingerprint density at radius 2 is 1.78 bits per heavy atom. The Labute approximate surface area is 217 Å². The minimum absolute atomic E-state index is 0.0104. The van der Waals surface area contributed by atoms with Crippen molar-refractivity contribution in [1.82, 2.24) is 10.2 Å². The lowest BCUT2D eigenvalue weighted by Crippen LogP contribution is -2.39. The molecule has 196 valence electrons. The molecule has 5 heteroatoms. The van der Waals surface area contributed by atoms with Gasteiger partial charge in [0.15, 0.2) is 0 Å². The molecule has 2 atom stereocenters. The van der Waals surface area contributed by atoms with E-state index in [1.54, 1.807) is 0 Å². The van der Waals surface area contributed by atoms with Crippen molar-refractivity contribution in [1.29, 1.82) is 0 Å². The second-order valence-corrected chi connectivity index (χ2v) is 11.5. The van der Waals surface area contributed by atoms with Crippen molar-refractivity contribution < 1.29 is 14.3 Å². The third kappa shape index (κ3) is 7.81. The average Bonchev–Trinajstić information content (AvgIpc) is 3.36. The van der Waals surface area contributed by atoms with E-state index in [2.05, 4.69) is 56.1 Å². The number of benzene rings is 2. The maximum absolute atomic E-state index is 12.9. The van der Waals surface area contributed by atoms with E-state index < -0.39 is 0 Å². The molecule has 0 spiro atoms. The van der Waals surface area contributed by atoms with Gasteiger partial charge in [-0.25, -0.2) is 0 Å². The molecule has 5 nitrogen and oxygen atoms in total. The SMILES string of the molecule is CC(C)CN(Cc1ccc2c(c1)CC[C@H](NC(=O)c1ccc(OC[C@@H]3CCCO3)cc1)C2)CC(C)C. The van der Waals surface area contributed by atoms with Crippen LogP contribution in [0.4, 0.5) is 0 Å². The lowest BCUT2D eigenvalue weighted by molar-refractivity contribution is 0.0679. The molecular weight excluding hydrogens is 448 g/mol. The summed E-state index contributed by atoms with van der Waals surface area (Å²) in [5, 5.41) is 3.25. The molecule has 36 heavy (non-hydrogen) atoms. The first kappa shape index (κ1) is 26.7. The molecule has 1 aliphatic carbocycles. The highest BCUT2D eigenvalue weighted by Gasteiger charge is 2.22. The van der Waals surface area contributed by atoms with E-state index in [0.717, 1.165) is 64.1 Å². The number of aryl methyl sites for hydroxylation is 1. The summed E-state index contributed by atoms with van der Waals surface area (Å²) in [6.45, 7) is 13.9. The van der Waals surface area contributed by atoms with Crippen LogP contribution >= 0.6 is 0 Å².